The molecule has 2 heterocycles. The van der Waals surface area contributed by atoms with Gasteiger partial charge in [-0.2, -0.15) is 0 Å². The summed E-state index contributed by atoms with van der Waals surface area (Å²) in [5, 5.41) is 15.0. The van der Waals surface area contributed by atoms with Gasteiger partial charge in [0.15, 0.2) is 0 Å². The Morgan fingerprint density at radius 3 is 2.42 bits per heavy atom. The van der Waals surface area contributed by atoms with Gasteiger partial charge in [0.25, 0.3) is 5.69 Å². The van der Waals surface area contributed by atoms with Gasteiger partial charge in [0.1, 0.15) is 5.92 Å². The number of nitro groups is 1. The molecular weight excluding hydrogens is 646 g/mol. The van der Waals surface area contributed by atoms with Gasteiger partial charge < -0.3 is 24.0 Å². The second-order valence-corrected chi connectivity index (χ2v) is 12.1. The first-order valence-corrected chi connectivity index (χ1v) is 16.5. The van der Waals surface area contributed by atoms with Gasteiger partial charge in [-0.25, -0.2) is 0 Å². The molecule has 4 rings (SSSR count). The minimum absolute atomic E-state index is 0.0390. The Balaban J connectivity index is 1.62. The highest BCUT2D eigenvalue weighted by atomic mass is 16.6. The lowest BCUT2D eigenvalue weighted by Crippen LogP contribution is -2.48. The zero-order valence-electron chi connectivity index (χ0n) is 28.6. The van der Waals surface area contributed by atoms with Crippen molar-refractivity contribution >= 4 is 29.7 Å². The molecule has 50 heavy (non-hydrogen) atoms. The number of hydrogen-bond acceptors (Lipinski definition) is 11. The number of methoxy groups -OCH3 is 2. The maximum absolute atomic E-state index is 13.4. The van der Waals surface area contributed by atoms with Crippen LogP contribution in [0.4, 0.5) is 5.69 Å². The smallest absolute Gasteiger partial charge is 0.316 e. The number of nitro benzene ring substituents is 1. The third-order valence-corrected chi connectivity index (χ3v) is 9.40. The first-order valence-electron chi connectivity index (χ1n) is 16.5. The summed E-state index contributed by atoms with van der Waals surface area (Å²) < 4.78 is 16.3. The number of carbonyl (C=O) groups excluding carboxylic acids is 3. The highest BCUT2D eigenvalue weighted by molar-refractivity contribution is 6.05. The number of hydrogen-bond donors (Lipinski definition) is 0. The third-order valence-electron chi connectivity index (χ3n) is 9.40. The first-order chi connectivity index (χ1) is 24.2. The molecule has 1 amide bonds. The number of allylic oxidation sites excluding steroid dienone is 1. The number of rotatable bonds is 17. The van der Waals surface area contributed by atoms with Crippen molar-refractivity contribution in [1.82, 2.24) is 9.80 Å². The molecule has 0 saturated carbocycles. The predicted molar refractivity (Wildman–Crippen MR) is 184 cm³/mol. The van der Waals surface area contributed by atoms with Crippen LogP contribution in [0.2, 0.25) is 0 Å². The van der Waals surface area contributed by atoms with Crippen molar-refractivity contribution in [3.05, 3.63) is 97.7 Å². The zero-order valence-corrected chi connectivity index (χ0v) is 28.6. The van der Waals surface area contributed by atoms with Crippen molar-refractivity contribution in [1.29, 1.82) is 0 Å². The minimum Gasteiger partial charge on any atom is -0.468 e. The Labute approximate surface area is 290 Å². The van der Waals surface area contributed by atoms with Crippen molar-refractivity contribution in [3.8, 4) is 0 Å². The van der Waals surface area contributed by atoms with E-state index in [4.69, 9.17) is 24.7 Å². The maximum atomic E-state index is 13.4. The van der Waals surface area contributed by atoms with Crippen molar-refractivity contribution in [3.63, 3.8) is 0 Å². The van der Waals surface area contributed by atoms with Crippen molar-refractivity contribution < 1.29 is 33.5 Å². The Bertz CT molecular complexity index is 1620. The van der Waals surface area contributed by atoms with Gasteiger partial charge in [-0.05, 0) is 62.0 Å². The molecule has 0 aliphatic carbocycles. The second-order valence-electron chi connectivity index (χ2n) is 12.1. The topological polar surface area (TPSA) is 190 Å². The molecule has 0 bridgehead atoms. The van der Waals surface area contributed by atoms with E-state index in [0.717, 1.165) is 5.56 Å². The molecule has 0 radical (unpaired) electrons. The average molecular weight is 690 g/mol. The first kappa shape index (κ1) is 37.7. The van der Waals surface area contributed by atoms with Gasteiger partial charge >= 0.3 is 11.9 Å². The fraction of sp³-hybridized carbons (Fsp3) is 0.486. The third kappa shape index (κ3) is 8.54. The summed E-state index contributed by atoms with van der Waals surface area (Å²) in [6, 6.07) is 15.5. The average Bonchev–Trinajstić information content (AvgIpc) is 3.16. The zero-order chi connectivity index (χ0) is 36.1. The molecule has 2 aromatic carbocycles. The number of azide groups is 1. The number of nitrogens with zero attached hydrogens (tertiary/aromatic N) is 7. The fourth-order valence-corrected chi connectivity index (χ4v) is 6.87. The number of ether oxygens (including phenoxy) is 3. The molecule has 2 aliphatic rings. The number of esters is 2. The molecule has 1 saturated heterocycles. The SMILES string of the molecule is CCC1=NC(COCCN=[N+]=[N-])=C(N(C=O)CCCN2CCC(C(=O)OC)(c3ccccc3)CC2)C(c2ccc([N+](=O)[O-])cc2)C1C(=O)OC. The molecule has 0 N–H and O–H groups in total. The normalized spacial score (nSPS) is 18.7. The van der Waals surface area contributed by atoms with Gasteiger partial charge in [-0.1, -0.05) is 54.5 Å². The maximum Gasteiger partial charge on any atom is 0.316 e. The Kier molecular flexibility index (Phi) is 13.6. The highest BCUT2D eigenvalue weighted by Gasteiger charge is 2.45. The molecule has 0 spiro atoms. The van der Waals surface area contributed by atoms with E-state index in [2.05, 4.69) is 14.9 Å². The van der Waals surface area contributed by atoms with Crippen molar-refractivity contribution in [2.75, 3.05) is 60.2 Å². The number of carbonyl (C=O) groups is 3. The Hall–Kier alpha value is -5.11. The molecule has 0 aromatic heterocycles. The summed E-state index contributed by atoms with van der Waals surface area (Å²) in [6.45, 7) is 4.22. The van der Waals surface area contributed by atoms with Crippen LogP contribution in [0.25, 0.3) is 10.4 Å². The molecule has 15 nitrogen and oxygen atoms in total. The van der Waals surface area contributed by atoms with E-state index < -0.39 is 28.1 Å². The summed E-state index contributed by atoms with van der Waals surface area (Å²) in [4.78, 5) is 61.6. The van der Waals surface area contributed by atoms with E-state index in [1.807, 2.05) is 37.3 Å². The number of amides is 1. The fourth-order valence-electron chi connectivity index (χ4n) is 6.87. The quantitative estimate of drug-likeness (QED) is 0.0324. The number of aliphatic imine (C=N–C) groups is 1. The van der Waals surface area contributed by atoms with Crippen LogP contribution in [-0.2, 0) is 34.0 Å². The second kappa shape index (κ2) is 18.0. The molecule has 2 aliphatic heterocycles. The van der Waals surface area contributed by atoms with Crippen LogP contribution in [0.5, 0.6) is 0 Å². The van der Waals surface area contributed by atoms with Crippen LogP contribution in [0.15, 0.2) is 76.1 Å². The lowest BCUT2D eigenvalue weighted by Gasteiger charge is -2.40. The molecule has 2 aromatic rings. The lowest BCUT2D eigenvalue weighted by molar-refractivity contribution is -0.384. The van der Waals surface area contributed by atoms with Gasteiger partial charge in [0.2, 0.25) is 6.41 Å². The van der Waals surface area contributed by atoms with Gasteiger partial charge in [-0.3, -0.25) is 29.5 Å². The van der Waals surface area contributed by atoms with Crippen LogP contribution in [0.3, 0.4) is 0 Å². The largest absolute Gasteiger partial charge is 0.468 e. The lowest BCUT2D eigenvalue weighted by atomic mass is 9.72. The van der Waals surface area contributed by atoms with Gasteiger partial charge in [-0.15, -0.1) is 0 Å². The Morgan fingerprint density at radius 2 is 1.84 bits per heavy atom. The number of benzene rings is 2. The summed E-state index contributed by atoms with van der Waals surface area (Å²) in [7, 11) is 2.69. The van der Waals surface area contributed by atoms with Crippen molar-refractivity contribution in [2.45, 2.75) is 43.9 Å². The van der Waals surface area contributed by atoms with E-state index in [0.29, 0.717) is 74.4 Å². The van der Waals surface area contributed by atoms with Crippen LogP contribution >= 0.6 is 0 Å². The summed E-state index contributed by atoms with van der Waals surface area (Å²) in [5.74, 6) is -2.47. The standard InChI is InChI=1S/C35H43N7O8/c1-4-28-31(33(44)48-2)30(25-11-13-27(14-12-25)42(46)47)32(29(38-28)23-50-22-17-37-39-36)41(24-43)19-8-18-40-20-15-35(16-21-40,34(45)49-3)26-9-6-5-7-10-26/h5-7,9-14,24,30-31H,4,8,15-23H2,1-3H3. The summed E-state index contributed by atoms with van der Waals surface area (Å²) in [5.41, 5.74) is 10.7. The summed E-state index contributed by atoms with van der Waals surface area (Å²) >= 11 is 0. The number of piperidine rings is 1. The van der Waals surface area contributed by atoms with E-state index >= 15 is 0 Å². The number of non-ortho nitro benzene ring substituents is 1. The molecular formula is C35H43N7O8. The monoisotopic (exact) mass is 689 g/mol. The molecule has 15 heteroatoms. The van der Waals surface area contributed by atoms with E-state index in [-0.39, 0.29) is 38.0 Å². The van der Waals surface area contributed by atoms with Gasteiger partial charge in [0.05, 0.1) is 49.2 Å². The molecule has 2 atom stereocenters. The Morgan fingerprint density at radius 1 is 1.14 bits per heavy atom. The molecule has 1 fully saturated rings. The van der Waals surface area contributed by atoms with E-state index in [9.17, 15) is 24.5 Å². The van der Waals surface area contributed by atoms with Gasteiger partial charge in [0, 0.05) is 41.8 Å². The van der Waals surface area contributed by atoms with Crippen LogP contribution in [-0.4, -0.2) is 98.9 Å². The van der Waals surface area contributed by atoms with Crippen LogP contribution in [0, 0.1) is 16.0 Å². The number of likely N-dealkylation sites (tertiary alicyclic amines) is 1. The van der Waals surface area contributed by atoms with Crippen molar-refractivity contribution in [2.24, 2.45) is 16.0 Å². The van der Waals surface area contributed by atoms with E-state index in [1.54, 1.807) is 12.1 Å². The van der Waals surface area contributed by atoms with Crippen LogP contribution in [0.1, 0.15) is 49.7 Å². The summed E-state index contributed by atoms with van der Waals surface area (Å²) in [6.07, 6.45) is 2.82. The van der Waals surface area contributed by atoms with E-state index in [1.165, 1.54) is 31.3 Å². The molecule has 2 unspecified atom stereocenters. The van der Waals surface area contributed by atoms with Crippen LogP contribution < -0.4 is 0 Å². The predicted octanol–water partition coefficient (Wildman–Crippen LogP) is 4.93. The highest BCUT2D eigenvalue weighted by Crippen LogP contribution is 2.42. The molecule has 266 valence electrons. The minimum atomic E-state index is -0.901.